The van der Waals surface area contributed by atoms with Crippen LogP contribution in [0.5, 0.6) is 0 Å². The van der Waals surface area contributed by atoms with Crippen LogP contribution in [-0.2, 0) is 11.8 Å². The summed E-state index contributed by atoms with van der Waals surface area (Å²) in [6, 6.07) is 5.54. The molecule has 1 unspecified atom stereocenters. The van der Waals surface area contributed by atoms with Crippen molar-refractivity contribution in [3.05, 3.63) is 23.3 Å². The number of nitrogens with zero attached hydrogens (tertiary/aromatic N) is 2. The first-order valence-electron chi connectivity index (χ1n) is 8.57. The monoisotopic (exact) mass is 313 g/mol. The Labute approximate surface area is 135 Å². The van der Waals surface area contributed by atoms with Crippen LogP contribution in [-0.4, -0.2) is 29.5 Å². The number of aromatic nitrogens is 1. The molecule has 116 valence electrons. The summed E-state index contributed by atoms with van der Waals surface area (Å²) in [5, 5.41) is 0.704. The number of likely N-dealkylation sites (N-methyl/N-ethyl adjacent to an activating group) is 1. The molecule has 2 bridgehead atoms. The predicted molar refractivity (Wildman–Crippen MR) is 92.4 cm³/mol. The van der Waals surface area contributed by atoms with Gasteiger partial charge < -0.3 is 10.6 Å². The van der Waals surface area contributed by atoms with Gasteiger partial charge in [-0.15, -0.1) is 0 Å². The van der Waals surface area contributed by atoms with Gasteiger partial charge in [-0.3, -0.25) is 0 Å². The number of nitrogens with two attached hydrogens (primary N) is 1. The molecule has 22 heavy (non-hydrogen) atoms. The second kappa shape index (κ2) is 4.45. The molecule has 0 radical (unpaired) electrons. The summed E-state index contributed by atoms with van der Waals surface area (Å²) in [6.45, 7) is 1.25. The summed E-state index contributed by atoms with van der Waals surface area (Å²) >= 11 is 1.63. The van der Waals surface area contributed by atoms with Crippen molar-refractivity contribution >= 4 is 26.7 Å². The fourth-order valence-electron chi connectivity index (χ4n) is 5.64. The van der Waals surface area contributed by atoms with Crippen molar-refractivity contribution in [2.45, 2.75) is 50.0 Å². The maximum absolute atomic E-state index is 5.95. The standard InChI is InChI=1S/C18H23N3S/c1-21-7-6-18-5-3-2-4-12(18)15(21)8-11-9-16-14(10-13(11)18)20-17(19)22-16/h9-10,12,15H,2-8H2,1H3,(H2,19,20)/t12?,15-,18-/m1/s1. The molecule has 1 saturated heterocycles. The molecule has 3 aliphatic rings. The van der Waals surface area contributed by atoms with Gasteiger partial charge in [0.1, 0.15) is 0 Å². The van der Waals surface area contributed by atoms with Crippen LogP contribution in [0.4, 0.5) is 5.13 Å². The summed E-state index contributed by atoms with van der Waals surface area (Å²) in [4.78, 5) is 7.19. The van der Waals surface area contributed by atoms with Crippen molar-refractivity contribution in [3.8, 4) is 0 Å². The van der Waals surface area contributed by atoms with Crippen LogP contribution in [0.1, 0.15) is 43.2 Å². The molecule has 2 aromatic rings. The Morgan fingerprint density at radius 1 is 1.32 bits per heavy atom. The van der Waals surface area contributed by atoms with Gasteiger partial charge in [0.25, 0.3) is 0 Å². The van der Waals surface area contributed by atoms with Crippen LogP contribution >= 0.6 is 11.3 Å². The minimum Gasteiger partial charge on any atom is -0.375 e. The maximum Gasteiger partial charge on any atom is 0.181 e. The number of anilines is 1. The number of fused-ring (bicyclic) bond motifs is 2. The van der Waals surface area contributed by atoms with E-state index in [0.29, 0.717) is 10.5 Å². The summed E-state index contributed by atoms with van der Waals surface area (Å²) < 4.78 is 1.27. The van der Waals surface area contributed by atoms with Crippen molar-refractivity contribution in [1.29, 1.82) is 0 Å². The number of hydrogen-bond donors (Lipinski definition) is 1. The van der Waals surface area contributed by atoms with Gasteiger partial charge in [-0.25, -0.2) is 4.98 Å². The van der Waals surface area contributed by atoms with Gasteiger partial charge >= 0.3 is 0 Å². The molecule has 2 aliphatic carbocycles. The van der Waals surface area contributed by atoms with Crippen molar-refractivity contribution in [2.24, 2.45) is 5.92 Å². The average Bonchev–Trinajstić information content (AvgIpc) is 2.88. The molecule has 1 aromatic carbocycles. The Balaban J connectivity index is 1.76. The number of hydrogen-bond acceptors (Lipinski definition) is 4. The number of nitrogen functional groups attached to an aromatic ring is 1. The summed E-state index contributed by atoms with van der Waals surface area (Å²) in [5.41, 5.74) is 10.7. The normalized spacial score (nSPS) is 34.4. The van der Waals surface area contributed by atoms with Gasteiger partial charge in [-0.2, -0.15) is 0 Å². The second-order valence-electron chi connectivity index (χ2n) is 7.54. The highest BCUT2D eigenvalue weighted by molar-refractivity contribution is 7.22. The van der Waals surface area contributed by atoms with Crippen molar-refractivity contribution in [2.75, 3.05) is 19.3 Å². The Kier molecular flexibility index (Phi) is 2.70. The summed E-state index contributed by atoms with van der Waals surface area (Å²) in [6.07, 6.45) is 8.13. The largest absolute Gasteiger partial charge is 0.375 e. The quantitative estimate of drug-likeness (QED) is 0.808. The zero-order valence-electron chi connectivity index (χ0n) is 13.1. The summed E-state index contributed by atoms with van der Waals surface area (Å²) in [5.74, 6) is 0.848. The van der Waals surface area contributed by atoms with Crippen LogP contribution in [0.15, 0.2) is 12.1 Å². The number of thiazole rings is 1. The zero-order valence-corrected chi connectivity index (χ0v) is 14.0. The third-order valence-electron chi connectivity index (χ3n) is 6.63. The molecule has 2 fully saturated rings. The van der Waals surface area contributed by atoms with Gasteiger partial charge in [-0.1, -0.05) is 24.2 Å². The Morgan fingerprint density at radius 3 is 3.14 bits per heavy atom. The van der Waals surface area contributed by atoms with Crippen molar-refractivity contribution < 1.29 is 0 Å². The molecular formula is C18H23N3S. The maximum atomic E-state index is 5.95. The van der Waals surface area contributed by atoms with E-state index < -0.39 is 0 Å². The highest BCUT2D eigenvalue weighted by Crippen LogP contribution is 2.56. The van der Waals surface area contributed by atoms with E-state index >= 15 is 0 Å². The van der Waals surface area contributed by atoms with Crippen LogP contribution < -0.4 is 5.73 Å². The summed E-state index contributed by atoms with van der Waals surface area (Å²) in [7, 11) is 2.33. The Bertz CT molecular complexity index is 752. The van der Waals surface area contributed by atoms with E-state index in [1.807, 2.05) is 0 Å². The van der Waals surface area contributed by atoms with E-state index in [9.17, 15) is 0 Å². The molecule has 2 heterocycles. The first-order chi connectivity index (χ1) is 10.7. The van der Waals surface area contributed by atoms with E-state index in [0.717, 1.165) is 17.5 Å². The van der Waals surface area contributed by atoms with Crippen LogP contribution in [0.2, 0.25) is 0 Å². The number of likely N-dealkylation sites (tertiary alicyclic amines) is 1. The SMILES string of the molecule is CN1CC[C@]23CCCCC2[C@H]1Cc1cc2sc(N)nc2cc13. The molecule has 4 heteroatoms. The number of rotatable bonds is 0. The van der Waals surface area contributed by atoms with E-state index in [-0.39, 0.29) is 0 Å². The van der Waals surface area contributed by atoms with Crippen LogP contribution in [0.3, 0.4) is 0 Å². The first-order valence-corrected chi connectivity index (χ1v) is 9.39. The number of piperidine rings is 1. The minimum atomic E-state index is 0.426. The molecular weight excluding hydrogens is 290 g/mol. The fourth-order valence-corrected chi connectivity index (χ4v) is 6.42. The van der Waals surface area contributed by atoms with Crippen molar-refractivity contribution in [3.63, 3.8) is 0 Å². The molecule has 3 atom stereocenters. The average molecular weight is 313 g/mol. The smallest absolute Gasteiger partial charge is 0.181 e. The van der Waals surface area contributed by atoms with Gasteiger partial charge in [0.15, 0.2) is 5.13 Å². The van der Waals surface area contributed by atoms with E-state index in [4.69, 9.17) is 5.73 Å². The Hall–Kier alpha value is -1.13. The molecule has 5 rings (SSSR count). The topological polar surface area (TPSA) is 42.1 Å². The lowest BCUT2D eigenvalue weighted by atomic mass is 9.52. The minimum absolute atomic E-state index is 0.426. The lowest BCUT2D eigenvalue weighted by Gasteiger charge is -2.58. The number of benzene rings is 1. The van der Waals surface area contributed by atoms with Gasteiger partial charge in [0, 0.05) is 11.5 Å². The fraction of sp³-hybridized carbons (Fsp3) is 0.611. The van der Waals surface area contributed by atoms with Crippen LogP contribution in [0, 0.1) is 5.92 Å². The Morgan fingerprint density at radius 2 is 2.23 bits per heavy atom. The lowest BCUT2D eigenvalue weighted by molar-refractivity contribution is 0.00298. The third kappa shape index (κ3) is 1.63. The van der Waals surface area contributed by atoms with Gasteiger partial charge in [-0.05, 0) is 68.5 Å². The van der Waals surface area contributed by atoms with Crippen LogP contribution in [0.25, 0.3) is 10.2 Å². The van der Waals surface area contributed by atoms with Crippen molar-refractivity contribution in [1.82, 2.24) is 9.88 Å². The second-order valence-corrected chi connectivity index (χ2v) is 8.60. The van der Waals surface area contributed by atoms with Gasteiger partial charge in [0.05, 0.1) is 10.2 Å². The lowest BCUT2D eigenvalue weighted by Crippen LogP contribution is -2.59. The van der Waals surface area contributed by atoms with E-state index in [1.54, 1.807) is 22.5 Å². The molecule has 0 amide bonds. The highest BCUT2D eigenvalue weighted by Gasteiger charge is 2.53. The zero-order chi connectivity index (χ0) is 14.9. The van der Waals surface area contributed by atoms with E-state index in [2.05, 4.69) is 29.1 Å². The van der Waals surface area contributed by atoms with E-state index in [1.165, 1.54) is 49.8 Å². The third-order valence-corrected chi connectivity index (χ3v) is 7.48. The molecule has 0 spiro atoms. The first kappa shape index (κ1) is 13.3. The molecule has 1 aliphatic heterocycles. The molecule has 1 aromatic heterocycles. The predicted octanol–water partition coefficient (Wildman–Crippen LogP) is 3.57. The molecule has 2 N–H and O–H groups in total. The highest BCUT2D eigenvalue weighted by atomic mass is 32.1. The molecule has 3 nitrogen and oxygen atoms in total. The molecule has 1 saturated carbocycles. The van der Waals surface area contributed by atoms with Gasteiger partial charge in [0.2, 0.25) is 0 Å².